The number of carbonyl (C=O) groups excluding carboxylic acids is 2. The van der Waals surface area contributed by atoms with Gasteiger partial charge in [0, 0.05) is 47.8 Å². The maximum absolute atomic E-state index is 12.3. The molecule has 0 fully saturated rings. The van der Waals surface area contributed by atoms with Crippen molar-refractivity contribution in [3.05, 3.63) is 131 Å². The van der Waals surface area contributed by atoms with E-state index in [9.17, 15) is 9.59 Å². The number of allylic oxidation sites excluding steroid dienone is 4. The Hall–Kier alpha value is -3.92. The van der Waals surface area contributed by atoms with Crippen LogP contribution in [0.25, 0.3) is 0 Å². The minimum absolute atomic E-state index is 0.0131. The van der Waals surface area contributed by atoms with Gasteiger partial charge in [-0.2, -0.15) is 0 Å². The van der Waals surface area contributed by atoms with Crippen LogP contribution in [-0.4, -0.2) is 11.6 Å². The van der Waals surface area contributed by atoms with Gasteiger partial charge < -0.3 is 10.6 Å². The van der Waals surface area contributed by atoms with Gasteiger partial charge in [-0.05, 0) is 25.0 Å². The van der Waals surface area contributed by atoms with E-state index in [4.69, 9.17) is 0 Å². The Morgan fingerprint density at radius 3 is 1.44 bits per heavy atom. The predicted molar refractivity (Wildman–Crippen MR) is 129 cm³/mol. The third-order valence-electron chi connectivity index (χ3n) is 4.95. The Morgan fingerprint density at radius 2 is 1.03 bits per heavy atom. The molecule has 0 saturated heterocycles. The average Bonchev–Trinajstić information content (AvgIpc) is 2.83. The molecule has 0 radical (unpaired) electrons. The Morgan fingerprint density at radius 1 is 0.625 bits per heavy atom. The molecule has 4 nitrogen and oxygen atoms in total. The van der Waals surface area contributed by atoms with Crippen LogP contribution in [0.15, 0.2) is 108 Å². The largest absolute Gasteiger partial charge is 0.384 e. The van der Waals surface area contributed by atoms with Crippen molar-refractivity contribution in [1.82, 2.24) is 10.6 Å². The number of benzene rings is 3. The molecule has 0 aliphatic heterocycles. The first-order valence-corrected chi connectivity index (χ1v) is 10.6. The smallest absolute Gasteiger partial charge is 0.187 e. The molecule has 0 spiro atoms. The first kappa shape index (κ1) is 22.8. The summed E-state index contributed by atoms with van der Waals surface area (Å²) in [7, 11) is 0. The summed E-state index contributed by atoms with van der Waals surface area (Å²) in [6.07, 6.45) is 3.25. The van der Waals surface area contributed by atoms with E-state index in [1.165, 1.54) is 0 Å². The highest BCUT2D eigenvalue weighted by atomic mass is 16.1. The van der Waals surface area contributed by atoms with E-state index in [1.54, 1.807) is 12.2 Å². The summed E-state index contributed by atoms with van der Waals surface area (Å²) in [5, 5.41) is 6.60. The summed E-state index contributed by atoms with van der Waals surface area (Å²) >= 11 is 0. The fourth-order valence-corrected chi connectivity index (χ4v) is 3.20. The van der Waals surface area contributed by atoms with Gasteiger partial charge in [0.15, 0.2) is 11.6 Å². The molecule has 2 N–H and O–H groups in total. The highest BCUT2D eigenvalue weighted by Crippen LogP contribution is 2.08. The van der Waals surface area contributed by atoms with Gasteiger partial charge in [-0.15, -0.1) is 0 Å². The van der Waals surface area contributed by atoms with Gasteiger partial charge in [-0.25, -0.2) is 0 Å². The van der Waals surface area contributed by atoms with E-state index in [0.29, 0.717) is 24.2 Å². The van der Waals surface area contributed by atoms with Gasteiger partial charge in [0.2, 0.25) is 0 Å². The highest BCUT2D eigenvalue weighted by Gasteiger charge is 2.04. The number of rotatable bonds is 10. The lowest BCUT2D eigenvalue weighted by molar-refractivity contribution is 0.103. The van der Waals surface area contributed by atoms with E-state index in [0.717, 1.165) is 22.5 Å². The van der Waals surface area contributed by atoms with Crippen LogP contribution in [0.4, 0.5) is 0 Å². The zero-order chi connectivity index (χ0) is 22.8. The van der Waals surface area contributed by atoms with Crippen LogP contribution >= 0.6 is 0 Å². The minimum atomic E-state index is -0.0131. The summed E-state index contributed by atoms with van der Waals surface area (Å²) in [4.78, 5) is 24.6. The Labute approximate surface area is 189 Å². The molecule has 0 aliphatic rings. The van der Waals surface area contributed by atoms with Gasteiger partial charge >= 0.3 is 0 Å². The fraction of sp³-hybridized carbons (Fsp3) is 0.143. The molecule has 3 rings (SSSR count). The van der Waals surface area contributed by atoms with Gasteiger partial charge in [0.05, 0.1) is 0 Å². The molecule has 0 amide bonds. The summed E-state index contributed by atoms with van der Waals surface area (Å²) in [6.45, 7) is 5.04. The van der Waals surface area contributed by atoms with Crippen molar-refractivity contribution in [2.75, 3.05) is 0 Å². The van der Waals surface area contributed by atoms with E-state index in [2.05, 4.69) is 16.7 Å². The number of ketones is 2. The monoisotopic (exact) mass is 424 g/mol. The van der Waals surface area contributed by atoms with Crippen LogP contribution in [0.2, 0.25) is 0 Å². The van der Waals surface area contributed by atoms with Crippen molar-refractivity contribution >= 4 is 11.6 Å². The third kappa shape index (κ3) is 7.10. The van der Waals surface area contributed by atoms with Crippen LogP contribution in [0.1, 0.15) is 45.7 Å². The van der Waals surface area contributed by atoms with Crippen LogP contribution in [0.5, 0.6) is 0 Å². The molecular formula is C28H28N2O2. The van der Waals surface area contributed by atoms with Crippen LogP contribution < -0.4 is 10.6 Å². The van der Waals surface area contributed by atoms with Gasteiger partial charge in [0.25, 0.3) is 0 Å². The van der Waals surface area contributed by atoms with E-state index < -0.39 is 0 Å². The van der Waals surface area contributed by atoms with Crippen LogP contribution in [-0.2, 0) is 13.1 Å². The first-order chi connectivity index (χ1) is 15.5. The Bertz CT molecular complexity index is 1030. The standard InChI is InChI=1S/C28H28N2O2/c1-21(16-27(31)25-12-5-3-6-13-25)29-19-23-10-9-11-24(18-23)20-30-22(2)17-28(32)26-14-7-4-8-15-26/h3-18,29-30H,19-20H2,1-2H3/b21-16+,22-17+. The molecule has 4 heteroatoms. The predicted octanol–water partition coefficient (Wildman–Crippen LogP) is 5.44. The van der Waals surface area contributed by atoms with Crippen molar-refractivity contribution < 1.29 is 9.59 Å². The quantitative estimate of drug-likeness (QED) is 0.336. The summed E-state index contributed by atoms with van der Waals surface area (Å²) in [6, 6.07) is 26.7. The lowest BCUT2D eigenvalue weighted by atomic mass is 10.1. The number of carbonyl (C=O) groups is 2. The number of nitrogens with one attached hydrogen (secondary N) is 2. The molecule has 0 heterocycles. The van der Waals surface area contributed by atoms with E-state index in [-0.39, 0.29) is 11.6 Å². The van der Waals surface area contributed by atoms with Crippen LogP contribution in [0, 0.1) is 0 Å². The lowest BCUT2D eigenvalue weighted by Crippen LogP contribution is -2.14. The van der Waals surface area contributed by atoms with E-state index in [1.807, 2.05) is 92.7 Å². The molecule has 0 unspecified atom stereocenters. The Kier molecular flexibility index (Phi) is 8.15. The normalized spacial score (nSPS) is 11.7. The molecule has 3 aromatic carbocycles. The summed E-state index contributed by atoms with van der Waals surface area (Å²) < 4.78 is 0. The summed E-state index contributed by atoms with van der Waals surface area (Å²) in [5.74, 6) is -0.0262. The van der Waals surface area contributed by atoms with Gasteiger partial charge in [-0.3, -0.25) is 9.59 Å². The second-order valence-electron chi connectivity index (χ2n) is 7.64. The van der Waals surface area contributed by atoms with Crippen molar-refractivity contribution in [3.63, 3.8) is 0 Å². The molecule has 0 aromatic heterocycles. The fourth-order valence-electron chi connectivity index (χ4n) is 3.20. The lowest BCUT2D eigenvalue weighted by Gasteiger charge is -2.10. The van der Waals surface area contributed by atoms with Crippen molar-refractivity contribution in [3.8, 4) is 0 Å². The molecule has 162 valence electrons. The second kappa shape index (κ2) is 11.5. The van der Waals surface area contributed by atoms with E-state index >= 15 is 0 Å². The van der Waals surface area contributed by atoms with Crippen molar-refractivity contribution in [2.45, 2.75) is 26.9 Å². The van der Waals surface area contributed by atoms with Crippen LogP contribution in [0.3, 0.4) is 0 Å². The maximum Gasteiger partial charge on any atom is 0.187 e. The summed E-state index contributed by atoms with van der Waals surface area (Å²) in [5.41, 5.74) is 5.23. The molecular weight excluding hydrogens is 396 g/mol. The third-order valence-corrected chi connectivity index (χ3v) is 4.95. The van der Waals surface area contributed by atoms with Gasteiger partial charge in [0.1, 0.15) is 0 Å². The van der Waals surface area contributed by atoms with Crippen molar-refractivity contribution in [1.29, 1.82) is 0 Å². The molecule has 0 aliphatic carbocycles. The van der Waals surface area contributed by atoms with Gasteiger partial charge in [-0.1, -0.05) is 84.9 Å². The SMILES string of the molecule is C/C(=C\C(=O)c1ccccc1)NCc1cccc(CN/C(C)=C/C(=O)c2ccccc2)c1. The molecule has 32 heavy (non-hydrogen) atoms. The first-order valence-electron chi connectivity index (χ1n) is 10.6. The number of hydrogen-bond donors (Lipinski definition) is 2. The second-order valence-corrected chi connectivity index (χ2v) is 7.64. The molecule has 0 saturated carbocycles. The number of hydrogen-bond acceptors (Lipinski definition) is 4. The zero-order valence-electron chi connectivity index (χ0n) is 18.5. The average molecular weight is 425 g/mol. The topological polar surface area (TPSA) is 58.2 Å². The zero-order valence-corrected chi connectivity index (χ0v) is 18.5. The van der Waals surface area contributed by atoms with Crippen molar-refractivity contribution in [2.24, 2.45) is 0 Å². The highest BCUT2D eigenvalue weighted by molar-refractivity contribution is 6.05. The molecule has 0 atom stereocenters. The maximum atomic E-state index is 12.3. The molecule has 0 bridgehead atoms. The minimum Gasteiger partial charge on any atom is -0.384 e. The Balaban J connectivity index is 1.53. The molecule has 3 aromatic rings.